The maximum absolute atomic E-state index is 11.7. The largest absolute Gasteiger partial charge is 0.319 e. The topological polar surface area (TPSA) is 43.1 Å². The summed E-state index contributed by atoms with van der Waals surface area (Å²) in [5.41, 5.74) is 5.33. The van der Waals surface area contributed by atoms with E-state index >= 15 is 0 Å². The van der Waals surface area contributed by atoms with Crippen molar-refractivity contribution in [1.82, 2.24) is 0 Å². The normalized spacial score (nSPS) is 17.9. The highest BCUT2D eigenvalue weighted by Crippen LogP contribution is 2.16. The van der Waals surface area contributed by atoms with E-state index in [1.807, 2.05) is 6.92 Å². The summed E-state index contributed by atoms with van der Waals surface area (Å²) in [5.74, 6) is 0.677. The van der Waals surface area contributed by atoms with E-state index in [0.717, 1.165) is 19.3 Å². The summed E-state index contributed by atoms with van der Waals surface area (Å²) in [6.45, 7) is 8.11. The van der Waals surface area contributed by atoms with Crippen LogP contribution in [-0.4, -0.2) is 11.3 Å². The molecule has 0 aromatic carbocycles. The third-order valence-corrected chi connectivity index (χ3v) is 2.64. The minimum Gasteiger partial charge on any atom is -0.319 e. The van der Waals surface area contributed by atoms with Gasteiger partial charge in [-0.3, -0.25) is 4.79 Å². The summed E-state index contributed by atoms with van der Waals surface area (Å²) in [7, 11) is 0. The molecule has 2 heteroatoms. The molecule has 0 aliphatic rings. The number of carbonyl (C=O) groups is 1. The van der Waals surface area contributed by atoms with Gasteiger partial charge >= 0.3 is 0 Å². The van der Waals surface area contributed by atoms with Gasteiger partial charge in [-0.15, -0.1) is 0 Å². The first-order valence-corrected chi connectivity index (χ1v) is 5.26. The Labute approximate surface area is 81.9 Å². The molecule has 78 valence electrons. The fourth-order valence-corrected chi connectivity index (χ4v) is 1.35. The molecule has 2 unspecified atom stereocenters. The number of Topliss-reactive ketones (excluding diaryl/α,β-unsaturated/α-hetero) is 1. The summed E-state index contributed by atoms with van der Waals surface area (Å²) in [5, 5.41) is 0. The van der Waals surface area contributed by atoms with Crippen LogP contribution >= 0.6 is 0 Å². The first kappa shape index (κ1) is 12.6. The Bertz CT molecular complexity index is 163. The second-order valence-electron chi connectivity index (χ2n) is 4.31. The van der Waals surface area contributed by atoms with Crippen LogP contribution in [0, 0.1) is 5.92 Å². The third kappa shape index (κ3) is 4.41. The van der Waals surface area contributed by atoms with Crippen molar-refractivity contribution >= 4 is 5.78 Å². The van der Waals surface area contributed by atoms with E-state index in [1.54, 1.807) is 0 Å². The average Bonchev–Trinajstić information content (AvgIpc) is 2.04. The zero-order chi connectivity index (χ0) is 10.5. The molecule has 0 fully saturated rings. The molecule has 0 aromatic heterocycles. The van der Waals surface area contributed by atoms with Gasteiger partial charge in [0.1, 0.15) is 0 Å². The second kappa shape index (κ2) is 5.38. The lowest BCUT2D eigenvalue weighted by molar-refractivity contribution is -0.124. The Kier molecular flexibility index (Phi) is 5.23. The first-order chi connectivity index (χ1) is 5.94. The van der Waals surface area contributed by atoms with Crippen molar-refractivity contribution < 1.29 is 4.79 Å². The molecule has 0 aromatic rings. The van der Waals surface area contributed by atoms with Crippen LogP contribution in [0.2, 0.25) is 0 Å². The van der Waals surface area contributed by atoms with Crippen LogP contribution in [0.15, 0.2) is 0 Å². The molecule has 0 heterocycles. The van der Waals surface area contributed by atoms with Gasteiger partial charge in [0, 0.05) is 6.42 Å². The molecule has 0 aliphatic carbocycles. The molecule has 0 saturated heterocycles. The Morgan fingerprint density at radius 2 is 2.00 bits per heavy atom. The van der Waals surface area contributed by atoms with Crippen LogP contribution < -0.4 is 5.73 Å². The molecule has 0 bridgehead atoms. The van der Waals surface area contributed by atoms with Crippen molar-refractivity contribution in [2.24, 2.45) is 11.7 Å². The fraction of sp³-hybridized carbons (Fsp3) is 0.909. The molecule has 0 aliphatic heterocycles. The minimum absolute atomic E-state index is 0.212. The van der Waals surface area contributed by atoms with Crippen molar-refractivity contribution in [1.29, 1.82) is 0 Å². The van der Waals surface area contributed by atoms with Crippen molar-refractivity contribution in [3.63, 3.8) is 0 Å². The molecule has 0 radical (unpaired) electrons. The number of rotatable bonds is 6. The van der Waals surface area contributed by atoms with Gasteiger partial charge < -0.3 is 5.73 Å². The number of carbonyl (C=O) groups excluding carboxylic acids is 1. The number of hydrogen-bond acceptors (Lipinski definition) is 2. The SMILES string of the molecule is CCCC(C)(N)C(=O)CC(C)CC. The van der Waals surface area contributed by atoms with E-state index in [0.29, 0.717) is 12.3 Å². The number of hydrogen-bond donors (Lipinski definition) is 1. The predicted molar refractivity (Wildman–Crippen MR) is 56.6 cm³/mol. The van der Waals surface area contributed by atoms with Gasteiger partial charge in [-0.1, -0.05) is 33.6 Å². The molecular weight excluding hydrogens is 162 g/mol. The highest BCUT2D eigenvalue weighted by atomic mass is 16.1. The molecule has 0 amide bonds. The maximum Gasteiger partial charge on any atom is 0.152 e. The van der Waals surface area contributed by atoms with E-state index in [9.17, 15) is 4.79 Å². The number of ketones is 1. The van der Waals surface area contributed by atoms with E-state index < -0.39 is 5.54 Å². The van der Waals surface area contributed by atoms with Gasteiger partial charge in [-0.25, -0.2) is 0 Å². The highest BCUT2D eigenvalue weighted by molar-refractivity contribution is 5.87. The van der Waals surface area contributed by atoms with Crippen molar-refractivity contribution in [3.8, 4) is 0 Å². The Morgan fingerprint density at radius 1 is 1.46 bits per heavy atom. The molecule has 0 rings (SSSR count). The smallest absolute Gasteiger partial charge is 0.152 e. The Morgan fingerprint density at radius 3 is 2.38 bits per heavy atom. The Hall–Kier alpha value is -0.370. The van der Waals surface area contributed by atoms with Crippen LogP contribution in [-0.2, 0) is 4.79 Å². The molecule has 2 atom stereocenters. The molecular formula is C11H23NO. The fourth-order valence-electron chi connectivity index (χ4n) is 1.35. The van der Waals surface area contributed by atoms with E-state index in [2.05, 4.69) is 20.8 Å². The van der Waals surface area contributed by atoms with Crippen LogP contribution in [0.5, 0.6) is 0 Å². The molecule has 13 heavy (non-hydrogen) atoms. The van der Waals surface area contributed by atoms with Gasteiger partial charge in [-0.2, -0.15) is 0 Å². The Balaban J connectivity index is 4.08. The quantitative estimate of drug-likeness (QED) is 0.691. The second-order valence-corrected chi connectivity index (χ2v) is 4.31. The van der Waals surface area contributed by atoms with E-state index in [-0.39, 0.29) is 5.78 Å². The minimum atomic E-state index is -0.599. The van der Waals surface area contributed by atoms with Gasteiger partial charge in [0.2, 0.25) is 0 Å². The van der Waals surface area contributed by atoms with Gasteiger partial charge in [-0.05, 0) is 19.3 Å². The molecule has 0 spiro atoms. The lowest BCUT2D eigenvalue weighted by atomic mass is 9.86. The van der Waals surface area contributed by atoms with Crippen LogP contribution in [0.25, 0.3) is 0 Å². The molecule has 2 nitrogen and oxygen atoms in total. The lowest BCUT2D eigenvalue weighted by Crippen LogP contribution is -2.45. The number of nitrogens with two attached hydrogens (primary N) is 1. The molecule has 0 saturated carbocycles. The van der Waals surface area contributed by atoms with Crippen LogP contribution in [0.3, 0.4) is 0 Å². The zero-order valence-electron chi connectivity index (χ0n) is 9.39. The summed E-state index contributed by atoms with van der Waals surface area (Å²) in [6.07, 6.45) is 3.44. The summed E-state index contributed by atoms with van der Waals surface area (Å²) < 4.78 is 0. The van der Waals surface area contributed by atoms with Gasteiger partial charge in [0.05, 0.1) is 5.54 Å². The standard InChI is InChI=1S/C11H23NO/c1-5-7-11(4,12)10(13)8-9(3)6-2/h9H,5-8,12H2,1-4H3. The van der Waals surface area contributed by atoms with Gasteiger partial charge in [0.25, 0.3) is 0 Å². The van der Waals surface area contributed by atoms with Gasteiger partial charge in [0.15, 0.2) is 5.78 Å². The zero-order valence-corrected chi connectivity index (χ0v) is 9.39. The summed E-state index contributed by atoms with van der Waals surface area (Å²) >= 11 is 0. The first-order valence-electron chi connectivity index (χ1n) is 5.26. The predicted octanol–water partition coefficient (Wildman–Crippen LogP) is 2.51. The van der Waals surface area contributed by atoms with E-state index in [4.69, 9.17) is 5.73 Å². The summed E-state index contributed by atoms with van der Waals surface area (Å²) in [6, 6.07) is 0. The highest BCUT2D eigenvalue weighted by Gasteiger charge is 2.27. The van der Waals surface area contributed by atoms with Crippen molar-refractivity contribution in [2.45, 2.75) is 58.9 Å². The third-order valence-electron chi connectivity index (χ3n) is 2.64. The van der Waals surface area contributed by atoms with Crippen molar-refractivity contribution in [2.75, 3.05) is 0 Å². The van der Waals surface area contributed by atoms with Crippen molar-refractivity contribution in [3.05, 3.63) is 0 Å². The van der Waals surface area contributed by atoms with Crippen LogP contribution in [0.4, 0.5) is 0 Å². The lowest BCUT2D eigenvalue weighted by Gasteiger charge is -2.23. The average molecular weight is 185 g/mol. The van der Waals surface area contributed by atoms with Crippen LogP contribution in [0.1, 0.15) is 53.4 Å². The van der Waals surface area contributed by atoms with E-state index in [1.165, 1.54) is 0 Å². The monoisotopic (exact) mass is 185 g/mol. The molecule has 2 N–H and O–H groups in total. The maximum atomic E-state index is 11.7. The summed E-state index contributed by atoms with van der Waals surface area (Å²) in [4.78, 5) is 11.7.